The summed E-state index contributed by atoms with van der Waals surface area (Å²) in [7, 11) is 1.65. The lowest BCUT2D eigenvalue weighted by Gasteiger charge is -2.24. The average Bonchev–Trinajstić information content (AvgIpc) is 2.69. The van der Waals surface area contributed by atoms with Crippen LogP contribution in [0.25, 0.3) is 0 Å². The van der Waals surface area contributed by atoms with E-state index in [1.165, 1.54) is 5.56 Å². The molecule has 0 saturated heterocycles. The number of carbonyl (C=O) groups excluding carboxylic acids is 1. The Morgan fingerprint density at radius 1 is 0.964 bits per heavy atom. The molecule has 0 spiro atoms. The van der Waals surface area contributed by atoms with Crippen LogP contribution in [-0.4, -0.2) is 22.9 Å². The molecule has 142 valence electrons. The lowest BCUT2D eigenvalue weighted by Crippen LogP contribution is -2.22. The van der Waals surface area contributed by atoms with Crippen LogP contribution in [-0.2, 0) is 6.42 Å². The molecule has 1 aliphatic carbocycles. The van der Waals surface area contributed by atoms with Crippen LogP contribution in [0.4, 0.5) is 11.6 Å². The molecule has 0 fully saturated rings. The summed E-state index contributed by atoms with van der Waals surface area (Å²) in [6.07, 6.45) is 1.20. The minimum atomic E-state index is 0.112. The second-order valence-electron chi connectivity index (χ2n) is 7.25. The summed E-state index contributed by atoms with van der Waals surface area (Å²) in [6, 6.07) is 16.0. The molecule has 0 bridgehead atoms. The number of anilines is 2. The van der Waals surface area contributed by atoms with Crippen molar-refractivity contribution < 1.29 is 9.53 Å². The van der Waals surface area contributed by atoms with Gasteiger partial charge in [-0.05, 0) is 56.0 Å². The third-order valence-electron chi connectivity index (χ3n) is 5.21. The summed E-state index contributed by atoms with van der Waals surface area (Å²) in [6.45, 7) is 3.93. The van der Waals surface area contributed by atoms with Gasteiger partial charge in [0.2, 0.25) is 5.95 Å². The molecule has 5 heteroatoms. The van der Waals surface area contributed by atoms with Crippen LogP contribution in [0.5, 0.6) is 5.75 Å². The van der Waals surface area contributed by atoms with Crippen LogP contribution in [0, 0.1) is 13.8 Å². The van der Waals surface area contributed by atoms with Crippen molar-refractivity contribution in [3.8, 4) is 5.75 Å². The summed E-state index contributed by atoms with van der Waals surface area (Å²) < 4.78 is 5.23. The summed E-state index contributed by atoms with van der Waals surface area (Å²) in [4.78, 5) is 22.0. The molecule has 3 aromatic rings. The zero-order chi connectivity index (χ0) is 19.7. The molecule has 1 N–H and O–H groups in total. The number of rotatable bonds is 4. The lowest BCUT2D eigenvalue weighted by molar-refractivity contribution is 0.0962. The molecule has 0 saturated carbocycles. The van der Waals surface area contributed by atoms with Crippen LogP contribution in [0.15, 0.2) is 48.5 Å². The van der Waals surface area contributed by atoms with Gasteiger partial charge in [0.25, 0.3) is 0 Å². The van der Waals surface area contributed by atoms with Crippen molar-refractivity contribution in [2.24, 2.45) is 0 Å². The fourth-order valence-electron chi connectivity index (χ4n) is 3.71. The van der Waals surface area contributed by atoms with Crippen molar-refractivity contribution in [3.05, 3.63) is 76.6 Å². The first-order valence-corrected chi connectivity index (χ1v) is 9.42. The first kappa shape index (κ1) is 18.2. The van der Waals surface area contributed by atoms with Crippen molar-refractivity contribution >= 4 is 17.4 Å². The number of ether oxygens (including phenoxy) is 1. The number of aromatic nitrogens is 2. The standard InChI is InChI=1S/C23H23N3O2/c1-14-4-8-18(9-5-14)25-23-24-15(2)22-20(26-23)12-17(13-21(22)27)16-6-10-19(28-3)11-7-16/h4-11,17H,12-13H2,1-3H3,(H,24,25,26). The fourth-order valence-corrected chi connectivity index (χ4v) is 3.71. The third-order valence-corrected chi connectivity index (χ3v) is 5.21. The first-order valence-electron chi connectivity index (χ1n) is 9.42. The molecule has 1 heterocycles. The van der Waals surface area contributed by atoms with Crippen LogP contribution >= 0.6 is 0 Å². The minimum Gasteiger partial charge on any atom is -0.497 e. The van der Waals surface area contributed by atoms with Gasteiger partial charge in [0, 0.05) is 12.1 Å². The number of hydrogen-bond donors (Lipinski definition) is 1. The van der Waals surface area contributed by atoms with Crippen LogP contribution < -0.4 is 10.1 Å². The van der Waals surface area contributed by atoms with Crippen molar-refractivity contribution in [2.75, 3.05) is 12.4 Å². The topological polar surface area (TPSA) is 64.1 Å². The SMILES string of the molecule is COc1ccc(C2CC(=O)c3c(C)nc(Nc4ccc(C)cc4)nc3C2)cc1. The van der Waals surface area contributed by atoms with E-state index < -0.39 is 0 Å². The number of ketones is 1. The van der Waals surface area contributed by atoms with Gasteiger partial charge in [-0.1, -0.05) is 29.8 Å². The van der Waals surface area contributed by atoms with E-state index in [-0.39, 0.29) is 11.7 Å². The summed E-state index contributed by atoms with van der Waals surface area (Å²) in [5, 5.41) is 3.26. The summed E-state index contributed by atoms with van der Waals surface area (Å²) >= 11 is 0. The Balaban J connectivity index is 1.63. The zero-order valence-electron chi connectivity index (χ0n) is 16.3. The molecular weight excluding hydrogens is 350 g/mol. The number of methoxy groups -OCH3 is 1. The molecule has 0 aliphatic heterocycles. The average molecular weight is 373 g/mol. The summed E-state index contributed by atoms with van der Waals surface area (Å²) in [5.41, 5.74) is 5.49. The van der Waals surface area contributed by atoms with E-state index in [1.807, 2.05) is 62.4 Å². The number of nitrogens with zero attached hydrogens (tertiary/aromatic N) is 2. The van der Waals surface area contributed by atoms with E-state index in [2.05, 4.69) is 15.3 Å². The Kier molecular flexibility index (Phi) is 4.82. The van der Waals surface area contributed by atoms with Crippen molar-refractivity contribution in [2.45, 2.75) is 32.6 Å². The highest BCUT2D eigenvalue weighted by molar-refractivity contribution is 5.99. The van der Waals surface area contributed by atoms with Gasteiger partial charge in [0.15, 0.2) is 5.78 Å². The second kappa shape index (κ2) is 7.43. The Hall–Kier alpha value is -3.21. The molecule has 0 amide bonds. The number of Topliss-reactive ketones (excluding diaryl/α,β-unsaturated/α-hetero) is 1. The largest absolute Gasteiger partial charge is 0.497 e. The van der Waals surface area contributed by atoms with Gasteiger partial charge in [-0.3, -0.25) is 4.79 Å². The van der Waals surface area contributed by atoms with Gasteiger partial charge < -0.3 is 10.1 Å². The molecule has 1 unspecified atom stereocenters. The van der Waals surface area contributed by atoms with Crippen molar-refractivity contribution in [1.82, 2.24) is 9.97 Å². The van der Waals surface area contributed by atoms with Crippen LogP contribution in [0.2, 0.25) is 0 Å². The predicted molar refractivity (Wildman–Crippen MR) is 110 cm³/mol. The molecule has 1 aromatic heterocycles. The molecule has 0 radical (unpaired) electrons. The van der Waals surface area contributed by atoms with E-state index in [1.54, 1.807) is 7.11 Å². The van der Waals surface area contributed by atoms with Gasteiger partial charge in [0.1, 0.15) is 5.75 Å². The van der Waals surface area contributed by atoms with Gasteiger partial charge in [-0.25, -0.2) is 9.97 Å². The number of nitrogens with one attached hydrogen (secondary N) is 1. The fraction of sp³-hybridized carbons (Fsp3) is 0.261. The van der Waals surface area contributed by atoms with Gasteiger partial charge in [-0.2, -0.15) is 0 Å². The highest BCUT2D eigenvalue weighted by Crippen LogP contribution is 2.34. The Bertz CT molecular complexity index is 1010. The van der Waals surface area contributed by atoms with Gasteiger partial charge in [0.05, 0.1) is 24.1 Å². The normalized spacial score (nSPS) is 15.8. The molecular formula is C23H23N3O2. The Labute approximate surface area is 164 Å². The monoisotopic (exact) mass is 373 g/mol. The number of hydrogen-bond acceptors (Lipinski definition) is 5. The zero-order valence-corrected chi connectivity index (χ0v) is 16.3. The van der Waals surface area contributed by atoms with E-state index in [4.69, 9.17) is 4.74 Å². The molecule has 2 aromatic carbocycles. The van der Waals surface area contributed by atoms with Gasteiger partial charge in [-0.15, -0.1) is 0 Å². The maximum Gasteiger partial charge on any atom is 0.227 e. The van der Waals surface area contributed by atoms with Gasteiger partial charge >= 0.3 is 0 Å². The number of fused-ring (bicyclic) bond motifs is 1. The minimum absolute atomic E-state index is 0.112. The first-order chi connectivity index (χ1) is 13.5. The number of aryl methyl sites for hydroxylation is 2. The maximum atomic E-state index is 12.8. The highest BCUT2D eigenvalue weighted by Gasteiger charge is 2.30. The maximum absolute atomic E-state index is 12.8. The quantitative estimate of drug-likeness (QED) is 0.714. The Morgan fingerprint density at radius 2 is 1.68 bits per heavy atom. The second-order valence-corrected chi connectivity index (χ2v) is 7.25. The van der Waals surface area contributed by atoms with Crippen LogP contribution in [0.3, 0.4) is 0 Å². The lowest BCUT2D eigenvalue weighted by atomic mass is 9.81. The highest BCUT2D eigenvalue weighted by atomic mass is 16.5. The molecule has 1 atom stereocenters. The number of benzene rings is 2. The van der Waals surface area contributed by atoms with Crippen LogP contribution in [0.1, 0.15) is 45.2 Å². The van der Waals surface area contributed by atoms with E-state index in [0.717, 1.165) is 34.8 Å². The molecule has 4 rings (SSSR count). The molecule has 1 aliphatic rings. The molecule has 28 heavy (non-hydrogen) atoms. The van der Waals surface area contributed by atoms with Crippen molar-refractivity contribution in [3.63, 3.8) is 0 Å². The summed E-state index contributed by atoms with van der Waals surface area (Å²) in [5.74, 6) is 1.58. The van der Waals surface area contributed by atoms with E-state index >= 15 is 0 Å². The van der Waals surface area contributed by atoms with E-state index in [9.17, 15) is 4.79 Å². The smallest absolute Gasteiger partial charge is 0.227 e. The Morgan fingerprint density at radius 3 is 2.36 bits per heavy atom. The predicted octanol–water partition coefficient (Wildman–Crippen LogP) is 4.76. The number of carbonyl (C=O) groups is 1. The molecule has 5 nitrogen and oxygen atoms in total. The van der Waals surface area contributed by atoms with E-state index in [0.29, 0.717) is 17.9 Å². The van der Waals surface area contributed by atoms with Crippen molar-refractivity contribution in [1.29, 1.82) is 0 Å². The third kappa shape index (κ3) is 3.60.